The lowest BCUT2D eigenvalue weighted by molar-refractivity contribution is -0.117. The number of nitrogens with two attached hydrogens (primary N) is 1. The average molecular weight is 251 g/mol. The Bertz CT molecular complexity index is 450. The second kappa shape index (κ2) is 5.46. The monoisotopic (exact) mass is 251 g/mol. The predicted octanol–water partition coefficient (Wildman–Crippen LogP) is 1.11. The summed E-state index contributed by atoms with van der Waals surface area (Å²) in [5, 5.41) is 2.69. The topological polar surface area (TPSA) is 58.4 Å². The van der Waals surface area contributed by atoms with E-state index in [0.717, 1.165) is 19.5 Å². The molecule has 5 heteroatoms. The number of likely N-dealkylation sites (tertiary alicyclic amines) is 1. The third-order valence-corrected chi connectivity index (χ3v) is 3.13. The van der Waals surface area contributed by atoms with Crippen molar-refractivity contribution in [2.45, 2.75) is 19.4 Å². The molecule has 98 valence electrons. The molecule has 0 aliphatic carbocycles. The number of rotatable bonds is 3. The van der Waals surface area contributed by atoms with Gasteiger partial charge < -0.3 is 11.1 Å². The highest BCUT2D eigenvalue weighted by molar-refractivity contribution is 5.92. The van der Waals surface area contributed by atoms with Gasteiger partial charge in [-0.25, -0.2) is 4.39 Å². The zero-order chi connectivity index (χ0) is 13.1. The zero-order valence-corrected chi connectivity index (χ0v) is 10.4. The number of anilines is 1. The molecule has 1 aliphatic heterocycles. The largest absolute Gasteiger partial charge is 0.326 e. The number of benzene rings is 1. The van der Waals surface area contributed by atoms with Gasteiger partial charge in [0.1, 0.15) is 5.82 Å². The van der Waals surface area contributed by atoms with E-state index < -0.39 is 0 Å². The molecule has 1 aliphatic rings. The summed E-state index contributed by atoms with van der Waals surface area (Å²) in [6, 6.07) is 4.85. The predicted molar refractivity (Wildman–Crippen MR) is 68.8 cm³/mol. The lowest BCUT2D eigenvalue weighted by Crippen LogP contribution is -2.33. The molecule has 1 aromatic rings. The molecule has 0 radical (unpaired) electrons. The fourth-order valence-corrected chi connectivity index (χ4v) is 2.08. The van der Waals surface area contributed by atoms with Gasteiger partial charge in [-0.05, 0) is 31.0 Å². The third kappa shape index (κ3) is 3.27. The van der Waals surface area contributed by atoms with Gasteiger partial charge in [-0.2, -0.15) is 0 Å². The quantitative estimate of drug-likeness (QED) is 0.846. The minimum atomic E-state index is -0.309. The zero-order valence-electron chi connectivity index (χ0n) is 10.4. The first kappa shape index (κ1) is 13.0. The summed E-state index contributed by atoms with van der Waals surface area (Å²) < 4.78 is 13.3. The van der Waals surface area contributed by atoms with Gasteiger partial charge in [0.05, 0.1) is 6.54 Å². The number of halogens is 1. The van der Waals surface area contributed by atoms with Crippen LogP contribution < -0.4 is 11.1 Å². The van der Waals surface area contributed by atoms with Crippen molar-refractivity contribution in [1.82, 2.24) is 4.90 Å². The van der Waals surface area contributed by atoms with Crippen molar-refractivity contribution in [2.24, 2.45) is 5.73 Å². The molecule has 1 aromatic carbocycles. The van der Waals surface area contributed by atoms with Gasteiger partial charge in [-0.1, -0.05) is 6.07 Å². The van der Waals surface area contributed by atoms with Gasteiger partial charge in [-0.3, -0.25) is 9.69 Å². The molecule has 1 heterocycles. The average Bonchev–Trinajstić information content (AvgIpc) is 2.69. The summed E-state index contributed by atoms with van der Waals surface area (Å²) in [6.45, 7) is 3.59. The van der Waals surface area contributed by atoms with Crippen LogP contribution in [0.15, 0.2) is 18.2 Å². The van der Waals surface area contributed by atoms with Crippen LogP contribution in [0.25, 0.3) is 0 Å². The van der Waals surface area contributed by atoms with E-state index in [1.165, 1.54) is 6.07 Å². The molecular formula is C13H18FN3O. The molecule has 4 nitrogen and oxygen atoms in total. The fraction of sp³-hybridized carbons (Fsp3) is 0.462. The number of nitrogens with zero attached hydrogens (tertiary/aromatic N) is 1. The Labute approximate surface area is 106 Å². The van der Waals surface area contributed by atoms with Crippen LogP contribution in [0.3, 0.4) is 0 Å². The highest BCUT2D eigenvalue weighted by atomic mass is 19.1. The maximum atomic E-state index is 13.3. The number of carbonyl (C=O) groups excluding carboxylic acids is 1. The lowest BCUT2D eigenvalue weighted by Gasteiger charge is -2.14. The SMILES string of the molecule is Cc1ccc(NC(=O)CN2CC[C@H](N)C2)cc1F. The van der Waals surface area contributed by atoms with Gasteiger partial charge in [0.25, 0.3) is 0 Å². The van der Waals surface area contributed by atoms with Crippen LogP contribution in [0.4, 0.5) is 10.1 Å². The van der Waals surface area contributed by atoms with Crippen LogP contribution in [0.1, 0.15) is 12.0 Å². The number of aryl methyl sites for hydroxylation is 1. The van der Waals surface area contributed by atoms with Crippen LogP contribution >= 0.6 is 0 Å². The number of hydrogen-bond acceptors (Lipinski definition) is 3. The molecule has 18 heavy (non-hydrogen) atoms. The number of hydrogen-bond donors (Lipinski definition) is 2. The van der Waals surface area contributed by atoms with E-state index in [2.05, 4.69) is 5.32 Å². The maximum Gasteiger partial charge on any atom is 0.238 e. The van der Waals surface area contributed by atoms with Crippen molar-refractivity contribution in [1.29, 1.82) is 0 Å². The van der Waals surface area contributed by atoms with Gasteiger partial charge >= 0.3 is 0 Å². The summed E-state index contributed by atoms with van der Waals surface area (Å²) in [6.07, 6.45) is 0.923. The van der Waals surface area contributed by atoms with Crippen LogP contribution in [-0.2, 0) is 4.79 Å². The van der Waals surface area contributed by atoms with Crippen molar-refractivity contribution in [3.8, 4) is 0 Å². The molecule has 3 N–H and O–H groups in total. The Morgan fingerprint density at radius 3 is 3.00 bits per heavy atom. The maximum absolute atomic E-state index is 13.3. The summed E-state index contributed by atoms with van der Waals surface area (Å²) in [7, 11) is 0. The molecule has 2 rings (SSSR count). The Morgan fingerprint density at radius 2 is 2.39 bits per heavy atom. The Kier molecular flexibility index (Phi) is 3.93. The van der Waals surface area contributed by atoms with Crippen molar-refractivity contribution < 1.29 is 9.18 Å². The van der Waals surface area contributed by atoms with Gasteiger partial charge in [-0.15, -0.1) is 0 Å². The van der Waals surface area contributed by atoms with Gasteiger partial charge in [0, 0.05) is 24.8 Å². The molecule has 1 fully saturated rings. The molecule has 1 atom stereocenters. The molecule has 0 unspecified atom stereocenters. The highest BCUT2D eigenvalue weighted by Crippen LogP contribution is 2.14. The molecule has 0 aromatic heterocycles. The Morgan fingerprint density at radius 1 is 1.61 bits per heavy atom. The minimum Gasteiger partial charge on any atom is -0.326 e. The number of amides is 1. The normalized spacial score (nSPS) is 20.1. The van der Waals surface area contributed by atoms with E-state index in [9.17, 15) is 9.18 Å². The van der Waals surface area contributed by atoms with E-state index in [0.29, 0.717) is 17.8 Å². The van der Waals surface area contributed by atoms with Gasteiger partial charge in [0.15, 0.2) is 0 Å². The second-order valence-electron chi connectivity index (χ2n) is 4.80. The Balaban J connectivity index is 1.89. The first-order valence-electron chi connectivity index (χ1n) is 6.08. The number of nitrogens with one attached hydrogen (secondary N) is 1. The summed E-state index contributed by atoms with van der Waals surface area (Å²) in [5.41, 5.74) is 6.83. The lowest BCUT2D eigenvalue weighted by atomic mass is 10.2. The molecule has 1 saturated heterocycles. The van der Waals surface area contributed by atoms with Crippen LogP contribution in [0.2, 0.25) is 0 Å². The molecular weight excluding hydrogens is 233 g/mol. The van der Waals surface area contributed by atoms with Gasteiger partial charge in [0.2, 0.25) is 5.91 Å². The van der Waals surface area contributed by atoms with Crippen molar-refractivity contribution >= 4 is 11.6 Å². The molecule has 0 spiro atoms. The molecule has 0 bridgehead atoms. The number of carbonyl (C=O) groups is 1. The van der Waals surface area contributed by atoms with E-state index in [1.54, 1.807) is 19.1 Å². The van der Waals surface area contributed by atoms with Crippen LogP contribution in [-0.4, -0.2) is 36.5 Å². The minimum absolute atomic E-state index is 0.132. The van der Waals surface area contributed by atoms with Crippen LogP contribution in [0, 0.1) is 12.7 Å². The standard InChI is InChI=1S/C13H18FN3O/c1-9-2-3-11(6-12(9)14)16-13(18)8-17-5-4-10(15)7-17/h2-3,6,10H,4-5,7-8,15H2,1H3,(H,16,18)/t10-/m0/s1. The first-order valence-corrected chi connectivity index (χ1v) is 6.08. The van der Waals surface area contributed by atoms with Crippen LogP contribution in [0.5, 0.6) is 0 Å². The molecule has 0 saturated carbocycles. The van der Waals surface area contributed by atoms with E-state index in [4.69, 9.17) is 5.73 Å². The third-order valence-electron chi connectivity index (χ3n) is 3.13. The summed E-state index contributed by atoms with van der Waals surface area (Å²) >= 11 is 0. The molecule has 1 amide bonds. The second-order valence-corrected chi connectivity index (χ2v) is 4.80. The van der Waals surface area contributed by atoms with Crippen molar-refractivity contribution in [3.05, 3.63) is 29.6 Å². The smallest absolute Gasteiger partial charge is 0.238 e. The van der Waals surface area contributed by atoms with Crippen molar-refractivity contribution in [3.63, 3.8) is 0 Å². The van der Waals surface area contributed by atoms with Crippen molar-refractivity contribution in [2.75, 3.05) is 25.0 Å². The van der Waals surface area contributed by atoms with E-state index in [1.807, 2.05) is 4.90 Å². The summed E-state index contributed by atoms with van der Waals surface area (Å²) in [5.74, 6) is -0.441. The summed E-state index contributed by atoms with van der Waals surface area (Å²) in [4.78, 5) is 13.8. The fourth-order valence-electron chi connectivity index (χ4n) is 2.08. The van der Waals surface area contributed by atoms with E-state index in [-0.39, 0.29) is 17.8 Å². The van der Waals surface area contributed by atoms with E-state index >= 15 is 0 Å². The Hall–Kier alpha value is -1.46. The highest BCUT2D eigenvalue weighted by Gasteiger charge is 2.20. The first-order chi connectivity index (χ1) is 8.54.